The highest BCUT2D eigenvalue weighted by molar-refractivity contribution is 5.91. The molecule has 60 heavy (non-hydrogen) atoms. The molecular weight excluding hydrogens is 725 g/mol. The highest BCUT2D eigenvalue weighted by Crippen LogP contribution is 2.56. The fourth-order valence-corrected chi connectivity index (χ4v) is 9.72. The molecule has 2 aliphatic carbocycles. The van der Waals surface area contributed by atoms with Gasteiger partial charge in [0.05, 0.1) is 11.4 Å². The summed E-state index contributed by atoms with van der Waals surface area (Å²) in [6.07, 6.45) is 0. The lowest BCUT2D eigenvalue weighted by Gasteiger charge is -2.24. The molecule has 0 unspecified atom stereocenters. The van der Waals surface area contributed by atoms with E-state index in [1.165, 1.54) is 77.9 Å². The van der Waals surface area contributed by atoms with E-state index in [-0.39, 0.29) is 10.8 Å². The zero-order valence-electron chi connectivity index (χ0n) is 34.4. The van der Waals surface area contributed by atoms with Crippen molar-refractivity contribution in [2.75, 3.05) is 0 Å². The Labute approximate surface area is 353 Å². The second kappa shape index (κ2) is 13.7. The van der Waals surface area contributed by atoms with E-state index < -0.39 is 0 Å². The average Bonchev–Trinajstić information content (AvgIpc) is 3.67. The van der Waals surface area contributed by atoms with Crippen LogP contribution in [0.15, 0.2) is 194 Å². The molecule has 0 spiro atoms. The Bertz CT molecular complexity index is 3080. The smallest absolute Gasteiger partial charge is 0.160 e. The third-order valence-corrected chi connectivity index (χ3v) is 13.2. The molecule has 2 heteroatoms. The van der Waals surface area contributed by atoms with E-state index in [0.29, 0.717) is 5.82 Å². The SMILES string of the molecule is CC1(C)c2ccccc2-c2cc3c(cc21)-c1ccc(-c2ccc(-c4ccc(-c5cc(-c6ccc(-c7ccccc7)cc6)nc(-c6ccccc6)n5)cc4)cc2)cc1C3(C)C. The first-order chi connectivity index (χ1) is 29.2. The van der Waals surface area contributed by atoms with Crippen LogP contribution < -0.4 is 0 Å². The van der Waals surface area contributed by atoms with Crippen molar-refractivity contribution >= 4 is 0 Å². The summed E-state index contributed by atoms with van der Waals surface area (Å²) in [5, 5.41) is 0. The number of aromatic nitrogens is 2. The maximum atomic E-state index is 5.08. The van der Waals surface area contributed by atoms with E-state index in [9.17, 15) is 0 Å². The van der Waals surface area contributed by atoms with Crippen molar-refractivity contribution in [3.05, 3.63) is 216 Å². The van der Waals surface area contributed by atoms with Crippen molar-refractivity contribution in [1.29, 1.82) is 0 Å². The van der Waals surface area contributed by atoms with Gasteiger partial charge in [0.2, 0.25) is 0 Å². The summed E-state index contributed by atoms with van der Waals surface area (Å²) < 4.78 is 0. The molecule has 0 amide bonds. The van der Waals surface area contributed by atoms with Gasteiger partial charge >= 0.3 is 0 Å². The Kier molecular flexibility index (Phi) is 8.22. The van der Waals surface area contributed by atoms with Crippen molar-refractivity contribution in [2.24, 2.45) is 0 Å². The van der Waals surface area contributed by atoms with Crippen molar-refractivity contribution in [3.8, 4) is 89.5 Å². The van der Waals surface area contributed by atoms with Gasteiger partial charge in [-0.3, -0.25) is 0 Å². The second-order valence-corrected chi connectivity index (χ2v) is 17.4. The van der Waals surface area contributed by atoms with Crippen molar-refractivity contribution in [1.82, 2.24) is 9.97 Å². The molecular formula is C58H44N2. The Balaban J connectivity index is 0.875. The van der Waals surface area contributed by atoms with Crippen molar-refractivity contribution in [2.45, 2.75) is 38.5 Å². The third kappa shape index (κ3) is 5.86. The molecule has 0 bridgehead atoms. The summed E-state index contributed by atoms with van der Waals surface area (Å²) in [6, 6.07) is 70.3. The second-order valence-electron chi connectivity index (χ2n) is 17.4. The zero-order valence-corrected chi connectivity index (χ0v) is 34.4. The van der Waals surface area contributed by atoms with Gasteiger partial charge in [-0.1, -0.05) is 198 Å². The van der Waals surface area contributed by atoms with E-state index in [1.54, 1.807) is 0 Å². The van der Waals surface area contributed by atoms with Gasteiger partial charge in [-0.2, -0.15) is 0 Å². The Morgan fingerprint density at radius 1 is 0.267 bits per heavy atom. The van der Waals surface area contributed by atoms with Crippen molar-refractivity contribution in [3.63, 3.8) is 0 Å². The van der Waals surface area contributed by atoms with Crippen LogP contribution in [0.25, 0.3) is 89.5 Å². The van der Waals surface area contributed by atoms with E-state index in [0.717, 1.165) is 28.1 Å². The quantitative estimate of drug-likeness (QED) is 0.168. The number of hydrogen-bond acceptors (Lipinski definition) is 2. The fraction of sp³-hybridized carbons (Fsp3) is 0.103. The summed E-state index contributed by atoms with van der Waals surface area (Å²) in [7, 11) is 0. The van der Waals surface area contributed by atoms with Gasteiger partial charge < -0.3 is 0 Å². The lowest BCUT2D eigenvalue weighted by atomic mass is 9.79. The molecule has 11 rings (SSSR count). The molecule has 0 radical (unpaired) electrons. The molecule has 0 saturated heterocycles. The molecule has 286 valence electrons. The largest absolute Gasteiger partial charge is 0.228 e. The molecule has 2 nitrogen and oxygen atoms in total. The zero-order chi connectivity index (χ0) is 40.6. The average molecular weight is 769 g/mol. The Morgan fingerprint density at radius 2 is 0.633 bits per heavy atom. The number of fused-ring (bicyclic) bond motifs is 6. The van der Waals surface area contributed by atoms with Gasteiger partial charge in [0.1, 0.15) is 0 Å². The molecule has 0 aliphatic heterocycles. The monoisotopic (exact) mass is 768 g/mol. The Morgan fingerprint density at radius 3 is 1.17 bits per heavy atom. The topological polar surface area (TPSA) is 25.8 Å². The van der Waals surface area contributed by atoms with E-state index in [2.05, 4.69) is 198 Å². The minimum absolute atomic E-state index is 0.0161. The predicted molar refractivity (Wildman–Crippen MR) is 250 cm³/mol. The summed E-state index contributed by atoms with van der Waals surface area (Å²) in [6.45, 7) is 9.52. The van der Waals surface area contributed by atoms with E-state index in [1.807, 2.05) is 24.3 Å². The van der Waals surface area contributed by atoms with Gasteiger partial charge in [-0.15, -0.1) is 0 Å². The van der Waals surface area contributed by atoms with Crippen LogP contribution in [0.1, 0.15) is 49.9 Å². The van der Waals surface area contributed by atoms with Gasteiger partial charge in [-0.25, -0.2) is 9.97 Å². The third-order valence-electron chi connectivity index (χ3n) is 13.2. The maximum absolute atomic E-state index is 5.08. The molecule has 1 heterocycles. The first-order valence-corrected chi connectivity index (χ1v) is 21.0. The molecule has 0 saturated carbocycles. The molecule has 2 aliphatic rings. The van der Waals surface area contributed by atoms with E-state index in [4.69, 9.17) is 9.97 Å². The van der Waals surface area contributed by atoms with Crippen molar-refractivity contribution < 1.29 is 0 Å². The summed E-state index contributed by atoms with van der Waals surface area (Å²) in [4.78, 5) is 10.1. The summed E-state index contributed by atoms with van der Waals surface area (Å²) in [5.41, 5.74) is 23.2. The van der Waals surface area contributed by atoms with Gasteiger partial charge in [0.15, 0.2) is 5.82 Å². The number of nitrogens with zero attached hydrogens (tertiary/aromatic N) is 2. The van der Waals surface area contributed by atoms with Gasteiger partial charge in [-0.05, 0) is 102 Å². The van der Waals surface area contributed by atoms with Gasteiger partial charge in [0.25, 0.3) is 0 Å². The molecule has 8 aromatic carbocycles. The first-order valence-electron chi connectivity index (χ1n) is 21.0. The van der Waals surface area contributed by atoms with Crippen LogP contribution in [0.5, 0.6) is 0 Å². The van der Waals surface area contributed by atoms with Crippen LogP contribution in [0.2, 0.25) is 0 Å². The van der Waals surface area contributed by atoms with Crippen LogP contribution in [-0.4, -0.2) is 9.97 Å². The molecule has 0 N–H and O–H groups in total. The lowest BCUT2D eigenvalue weighted by Crippen LogP contribution is -2.17. The fourth-order valence-electron chi connectivity index (χ4n) is 9.72. The molecule has 0 fully saturated rings. The Hall–Kier alpha value is -7.16. The highest BCUT2D eigenvalue weighted by atomic mass is 14.9. The first kappa shape index (κ1) is 36.0. The summed E-state index contributed by atoms with van der Waals surface area (Å²) >= 11 is 0. The predicted octanol–water partition coefficient (Wildman–Crippen LogP) is 15.1. The number of rotatable bonds is 6. The lowest BCUT2D eigenvalue weighted by molar-refractivity contribution is 0.652. The molecule has 0 atom stereocenters. The normalized spacial score (nSPS) is 13.9. The van der Waals surface area contributed by atoms with E-state index >= 15 is 0 Å². The summed E-state index contributed by atoms with van der Waals surface area (Å²) in [5.74, 6) is 0.715. The van der Waals surface area contributed by atoms with Crippen LogP contribution in [0.4, 0.5) is 0 Å². The maximum Gasteiger partial charge on any atom is 0.160 e. The molecule has 1 aromatic heterocycles. The highest BCUT2D eigenvalue weighted by Gasteiger charge is 2.41. The minimum atomic E-state index is -0.0988. The molecule has 9 aromatic rings. The van der Waals surface area contributed by atoms with Crippen LogP contribution in [0.3, 0.4) is 0 Å². The van der Waals surface area contributed by atoms with Crippen LogP contribution in [0, 0.1) is 0 Å². The van der Waals surface area contributed by atoms with Crippen LogP contribution >= 0.6 is 0 Å². The van der Waals surface area contributed by atoms with Gasteiger partial charge in [0, 0.05) is 27.5 Å². The van der Waals surface area contributed by atoms with Crippen LogP contribution in [-0.2, 0) is 10.8 Å². The minimum Gasteiger partial charge on any atom is -0.228 e. The number of hydrogen-bond donors (Lipinski definition) is 0. The number of benzene rings is 8. The standard InChI is InChI=1S/C58H44N2/c1-57(2)50-18-12-11-17-46(50)48-34-53-49(35-52(48)57)47-32-31-45(33-51(47)58(53,3)4)41-21-19-39(20-22-41)40-25-29-43(30-26-40)55-36-54(59-56(60-55)44-15-9-6-10-16-44)42-27-23-38(24-28-42)37-13-7-5-8-14-37/h5-36H,1-4H3.